The number of aromatic nitrogens is 2. The molecule has 0 amide bonds. The van der Waals surface area contributed by atoms with Gasteiger partial charge in [0.2, 0.25) is 0 Å². The number of nitrogens with zero attached hydrogens (tertiary/aromatic N) is 3. The van der Waals surface area contributed by atoms with E-state index in [2.05, 4.69) is 16.6 Å². The molecule has 16 heavy (non-hydrogen) atoms. The number of hydrogen-bond acceptors (Lipinski definition) is 3. The molecule has 4 nitrogen and oxygen atoms in total. The molecule has 0 bridgehead atoms. The molecule has 0 radical (unpaired) electrons. The fraction of sp³-hybridized carbons (Fsp3) is 0.583. The summed E-state index contributed by atoms with van der Waals surface area (Å²) in [4.78, 5) is 2.29. The number of aryl methyl sites for hydroxylation is 2. The predicted molar refractivity (Wildman–Crippen MR) is 64.4 cm³/mol. The van der Waals surface area contributed by atoms with E-state index in [1.54, 1.807) is 0 Å². The van der Waals surface area contributed by atoms with E-state index in [-0.39, 0.29) is 6.61 Å². The lowest BCUT2D eigenvalue weighted by Gasteiger charge is -2.24. The predicted octanol–water partition coefficient (Wildman–Crippen LogP) is 1.38. The van der Waals surface area contributed by atoms with E-state index in [9.17, 15) is 5.11 Å². The van der Waals surface area contributed by atoms with Crippen molar-refractivity contribution in [3.05, 3.63) is 23.9 Å². The summed E-state index contributed by atoms with van der Waals surface area (Å²) in [6, 6.07) is 0.595. The average Bonchev–Trinajstić information content (AvgIpc) is 3.02. The van der Waals surface area contributed by atoms with Crippen LogP contribution in [0.25, 0.3) is 0 Å². The fourth-order valence-electron chi connectivity index (χ4n) is 2.17. The van der Waals surface area contributed by atoms with Gasteiger partial charge in [0.05, 0.1) is 12.3 Å². The van der Waals surface area contributed by atoms with Crippen LogP contribution in [0.3, 0.4) is 0 Å². The fourth-order valence-corrected chi connectivity index (χ4v) is 2.17. The van der Waals surface area contributed by atoms with E-state index in [4.69, 9.17) is 0 Å². The first-order chi connectivity index (χ1) is 7.69. The molecular formula is C12H19N3O. The van der Waals surface area contributed by atoms with Crippen molar-refractivity contribution in [2.24, 2.45) is 7.05 Å². The molecule has 1 heterocycles. The molecule has 1 fully saturated rings. The van der Waals surface area contributed by atoms with E-state index in [1.807, 2.05) is 24.7 Å². The quantitative estimate of drug-likeness (QED) is 0.764. The van der Waals surface area contributed by atoms with E-state index in [0.717, 1.165) is 23.6 Å². The van der Waals surface area contributed by atoms with Crippen molar-refractivity contribution in [2.75, 3.05) is 11.4 Å². The van der Waals surface area contributed by atoms with Crippen molar-refractivity contribution >= 4 is 5.82 Å². The van der Waals surface area contributed by atoms with Gasteiger partial charge in [-0.1, -0.05) is 6.08 Å². The van der Waals surface area contributed by atoms with Gasteiger partial charge in [-0.3, -0.25) is 4.68 Å². The minimum absolute atomic E-state index is 0.0510. The molecule has 0 unspecified atom stereocenters. The van der Waals surface area contributed by atoms with Gasteiger partial charge in [0.15, 0.2) is 0 Å². The summed E-state index contributed by atoms with van der Waals surface area (Å²) in [5.41, 5.74) is 1.85. The van der Waals surface area contributed by atoms with Crippen molar-refractivity contribution in [3.8, 4) is 0 Å². The maximum atomic E-state index is 9.43. The van der Waals surface area contributed by atoms with Crippen molar-refractivity contribution in [1.82, 2.24) is 9.78 Å². The van der Waals surface area contributed by atoms with Gasteiger partial charge in [-0.2, -0.15) is 5.10 Å². The molecule has 1 aromatic rings. The molecule has 0 aromatic carbocycles. The van der Waals surface area contributed by atoms with Crippen molar-refractivity contribution < 1.29 is 5.11 Å². The van der Waals surface area contributed by atoms with Crippen LogP contribution >= 0.6 is 0 Å². The Morgan fingerprint density at radius 3 is 2.81 bits per heavy atom. The monoisotopic (exact) mass is 221 g/mol. The number of anilines is 1. The van der Waals surface area contributed by atoms with Crippen LogP contribution in [-0.4, -0.2) is 27.5 Å². The zero-order valence-corrected chi connectivity index (χ0v) is 9.98. The van der Waals surface area contributed by atoms with Gasteiger partial charge in [0.1, 0.15) is 5.82 Å². The Kier molecular flexibility index (Phi) is 3.01. The third-order valence-corrected chi connectivity index (χ3v) is 3.06. The number of aliphatic hydroxyl groups excluding tert-OH is 1. The summed E-state index contributed by atoms with van der Waals surface area (Å²) in [5.74, 6) is 1.04. The summed E-state index contributed by atoms with van der Waals surface area (Å²) < 4.78 is 1.86. The maximum Gasteiger partial charge on any atom is 0.132 e. The van der Waals surface area contributed by atoms with Crippen LogP contribution in [-0.2, 0) is 13.7 Å². The first kappa shape index (κ1) is 11.2. The lowest BCUT2D eigenvalue weighted by molar-refractivity contribution is 0.281. The van der Waals surface area contributed by atoms with E-state index < -0.39 is 0 Å². The molecule has 1 saturated carbocycles. The standard InChI is InChI=1S/C12H19N3O/c1-4-7-15(10-5-6-10)12-11(8-16)9(2)13-14(12)3/h4,10,16H,1,5-8H2,2-3H3. The molecule has 0 aliphatic heterocycles. The summed E-state index contributed by atoms with van der Waals surface area (Å²) in [5, 5.41) is 13.8. The highest BCUT2D eigenvalue weighted by molar-refractivity contribution is 5.52. The first-order valence-electron chi connectivity index (χ1n) is 5.70. The Morgan fingerprint density at radius 1 is 1.62 bits per heavy atom. The molecular weight excluding hydrogens is 202 g/mol. The zero-order valence-electron chi connectivity index (χ0n) is 9.98. The van der Waals surface area contributed by atoms with Crippen LogP contribution in [0.1, 0.15) is 24.1 Å². The van der Waals surface area contributed by atoms with Gasteiger partial charge in [-0.05, 0) is 19.8 Å². The maximum absolute atomic E-state index is 9.43. The summed E-state index contributed by atoms with van der Waals surface area (Å²) in [6.07, 6.45) is 4.35. The molecule has 0 atom stereocenters. The summed E-state index contributed by atoms with van der Waals surface area (Å²) in [6.45, 7) is 6.60. The number of aliphatic hydroxyl groups is 1. The molecule has 1 aromatic heterocycles. The Balaban J connectivity index is 2.38. The van der Waals surface area contributed by atoms with Crippen molar-refractivity contribution in [3.63, 3.8) is 0 Å². The Morgan fingerprint density at radius 2 is 2.31 bits per heavy atom. The zero-order chi connectivity index (χ0) is 11.7. The lowest BCUT2D eigenvalue weighted by atomic mass is 10.2. The first-order valence-corrected chi connectivity index (χ1v) is 5.70. The molecule has 1 aliphatic carbocycles. The van der Waals surface area contributed by atoms with E-state index in [0.29, 0.717) is 6.04 Å². The minimum Gasteiger partial charge on any atom is -0.391 e. The molecule has 2 rings (SSSR count). The molecule has 0 saturated heterocycles. The van der Waals surface area contributed by atoms with Crippen molar-refractivity contribution in [1.29, 1.82) is 0 Å². The minimum atomic E-state index is 0.0510. The van der Waals surface area contributed by atoms with Crippen LogP contribution in [0.5, 0.6) is 0 Å². The third kappa shape index (κ3) is 1.85. The lowest BCUT2D eigenvalue weighted by Crippen LogP contribution is -2.28. The van der Waals surface area contributed by atoms with Crippen LogP contribution < -0.4 is 4.90 Å². The highest BCUT2D eigenvalue weighted by Crippen LogP contribution is 2.34. The Labute approximate surface area is 96.2 Å². The molecule has 1 N–H and O–H groups in total. The van der Waals surface area contributed by atoms with Gasteiger partial charge in [-0.25, -0.2) is 0 Å². The Hall–Kier alpha value is -1.29. The van der Waals surface area contributed by atoms with E-state index >= 15 is 0 Å². The molecule has 88 valence electrons. The largest absolute Gasteiger partial charge is 0.391 e. The van der Waals surface area contributed by atoms with Gasteiger partial charge in [-0.15, -0.1) is 6.58 Å². The third-order valence-electron chi connectivity index (χ3n) is 3.06. The normalized spacial score (nSPS) is 15.2. The van der Waals surface area contributed by atoms with E-state index in [1.165, 1.54) is 12.8 Å². The smallest absolute Gasteiger partial charge is 0.132 e. The summed E-state index contributed by atoms with van der Waals surface area (Å²) in [7, 11) is 1.93. The van der Waals surface area contributed by atoms with Crippen LogP contribution in [0.15, 0.2) is 12.7 Å². The molecule has 0 spiro atoms. The van der Waals surface area contributed by atoms with Gasteiger partial charge >= 0.3 is 0 Å². The summed E-state index contributed by atoms with van der Waals surface area (Å²) >= 11 is 0. The van der Waals surface area contributed by atoms with Gasteiger partial charge < -0.3 is 10.0 Å². The van der Waals surface area contributed by atoms with Gasteiger partial charge in [0, 0.05) is 25.2 Å². The van der Waals surface area contributed by atoms with Crippen LogP contribution in [0.4, 0.5) is 5.82 Å². The second-order valence-electron chi connectivity index (χ2n) is 4.34. The van der Waals surface area contributed by atoms with Crippen LogP contribution in [0.2, 0.25) is 0 Å². The van der Waals surface area contributed by atoms with Crippen molar-refractivity contribution in [2.45, 2.75) is 32.4 Å². The van der Waals surface area contributed by atoms with Gasteiger partial charge in [0.25, 0.3) is 0 Å². The highest BCUT2D eigenvalue weighted by atomic mass is 16.3. The topological polar surface area (TPSA) is 41.3 Å². The van der Waals surface area contributed by atoms with Crippen LogP contribution in [0, 0.1) is 6.92 Å². The molecule has 4 heteroatoms. The number of rotatable bonds is 5. The average molecular weight is 221 g/mol. The second-order valence-corrected chi connectivity index (χ2v) is 4.34. The SMILES string of the molecule is C=CCN(c1c(CO)c(C)nn1C)C1CC1. The number of hydrogen-bond donors (Lipinski definition) is 1. The highest BCUT2D eigenvalue weighted by Gasteiger charge is 2.32. The molecule has 1 aliphatic rings. The second kappa shape index (κ2) is 4.29. The Bertz CT molecular complexity index is 393.